The second-order valence-corrected chi connectivity index (χ2v) is 22.3. The van der Waals surface area contributed by atoms with Crippen molar-refractivity contribution < 1.29 is 48.0 Å². The molecular weight excluding hydrogens is 1020 g/mol. The van der Waals surface area contributed by atoms with E-state index in [4.69, 9.17) is 23.7 Å². The van der Waals surface area contributed by atoms with Crippen molar-refractivity contribution >= 4 is 35.3 Å². The van der Waals surface area contributed by atoms with Gasteiger partial charge in [-0.2, -0.15) is 0 Å². The number of carbonyl (C=O) groups is 4. The van der Waals surface area contributed by atoms with Crippen molar-refractivity contribution in [1.82, 2.24) is 35.2 Å². The number of ketones is 1. The fourth-order valence-electron chi connectivity index (χ4n) is 12.1. The van der Waals surface area contributed by atoms with Crippen LogP contribution < -0.4 is 15.4 Å². The van der Waals surface area contributed by atoms with Crippen molar-refractivity contribution in [2.45, 2.75) is 136 Å². The van der Waals surface area contributed by atoms with E-state index in [0.29, 0.717) is 96.4 Å². The Kier molecular flexibility index (Phi) is 19.6. The van der Waals surface area contributed by atoms with Crippen LogP contribution in [0.3, 0.4) is 0 Å². The van der Waals surface area contributed by atoms with Gasteiger partial charge in [-0.15, -0.1) is 10.2 Å². The molecule has 3 N–H and O–H groups in total. The second-order valence-electron chi connectivity index (χ2n) is 22.3. The van der Waals surface area contributed by atoms with E-state index in [0.717, 1.165) is 46.0 Å². The number of nitrogens with one attached hydrogen (secondary N) is 2. The molecule has 80 heavy (non-hydrogen) atoms. The van der Waals surface area contributed by atoms with Crippen LogP contribution in [0.4, 0.5) is 0 Å². The molecule has 1 aliphatic carbocycles. The summed E-state index contributed by atoms with van der Waals surface area (Å²) in [6.45, 7) is 18.2. The first-order valence-corrected chi connectivity index (χ1v) is 28.5. The van der Waals surface area contributed by atoms with E-state index in [-0.39, 0.29) is 73.7 Å². The first-order chi connectivity index (χ1) is 38.7. The monoisotopic (exact) mass is 1100 g/mol. The lowest BCUT2D eigenvalue weighted by Crippen LogP contribution is -2.55. The number of ether oxygens (including phenoxy) is 5. The van der Waals surface area contributed by atoms with Gasteiger partial charge >= 0.3 is 0 Å². The Bertz CT molecular complexity index is 2950. The number of allylic oxidation sites excluding steroid dienone is 3. The Labute approximate surface area is 470 Å². The summed E-state index contributed by atoms with van der Waals surface area (Å²) in [6, 6.07) is 20.2. The van der Waals surface area contributed by atoms with Crippen LogP contribution in [0.15, 0.2) is 88.6 Å². The van der Waals surface area contributed by atoms with E-state index in [9.17, 15) is 24.3 Å². The topological polar surface area (TPSA) is 208 Å². The highest BCUT2D eigenvalue weighted by atomic mass is 16.6. The van der Waals surface area contributed by atoms with Gasteiger partial charge in [-0.3, -0.25) is 29.5 Å². The SMILES string of the molecule is CC1=C(C)C2C(c3ccc(C)cc3)NC(CC(=O)CCCOCCOCCOCCOCCOc3cc(C4=C(C)N=CC4)ccc3CNC(=O)[C@@H]3CC(O)CN3C(=O)[C@H](C(C)C)N3Cc4ccccc4C3=O)c3nnc(C)n3C2C1. The molecular formula is C62H80N8O10. The van der Waals surface area contributed by atoms with Gasteiger partial charge in [0, 0.05) is 93.0 Å². The molecule has 0 bridgehead atoms. The van der Waals surface area contributed by atoms with E-state index < -0.39 is 24.1 Å². The van der Waals surface area contributed by atoms with Gasteiger partial charge in [0.1, 0.15) is 36.0 Å². The van der Waals surface area contributed by atoms with E-state index in [2.05, 4.69) is 75.4 Å². The predicted octanol–water partition coefficient (Wildman–Crippen LogP) is 7.53. The lowest BCUT2D eigenvalue weighted by Gasteiger charge is -2.35. The van der Waals surface area contributed by atoms with Crippen molar-refractivity contribution in [3.63, 3.8) is 0 Å². The maximum Gasteiger partial charge on any atom is 0.255 e. The van der Waals surface area contributed by atoms with Gasteiger partial charge in [0.05, 0.1) is 58.4 Å². The third kappa shape index (κ3) is 13.5. The molecule has 7 atom stereocenters. The number of aliphatic hydroxyl groups excluding tert-OH is 1. The molecule has 1 aromatic heterocycles. The van der Waals surface area contributed by atoms with Crippen LogP contribution >= 0.6 is 0 Å². The Morgan fingerprint density at radius 1 is 0.850 bits per heavy atom. The molecule has 0 saturated carbocycles. The number of fused-ring (bicyclic) bond motifs is 4. The zero-order valence-electron chi connectivity index (χ0n) is 47.6. The van der Waals surface area contributed by atoms with E-state index >= 15 is 0 Å². The van der Waals surface area contributed by atoms with Crippen molar-refractivity contribution in [3.8, 4) is 5.75 Å². The summed E-state index contributed by atoms with van der Waals surface area (Å²) in [5, 5.41) is 26.8. The number of nitrogens with zero attached hydrogens (tertiary/aromatic N) is 6. The molecule has 0 radical (unpaired) electrons. The van der Waals surface area contributed by atoms with E-state index in [1.165, 1.54) is 27.2 Å². The highest BCUT2D eigenvalue weighted by molar-refractivity contribution is 6.02. The normalized spacial score (nSPS) is 21.8. The third-order valence-corrected chi connectivity index (χ3v) is 16.4. The molecule has 5 unspecified atom stereocenters. The molecule has 0 spiro atoms. The standard InChI is InChI=1S/C62H80N8O10/c1-38(2)58(69-36-47-11-8-9-13-51(47)61(69)74)62(75)68-37-49(72)34-54(68)60(73)64-35-46-19-18-45(50-20-21-63-42(50)6)32-55(46)80-30-29-79-28-27-78-26-25-77-24-23-76-22-10-12-48(71)33-52-59-67-66-43(7)70(59)53-31-40(4)41(5)56(53)57(65-52)44-16-14-39(3)15-17-44/h8-9,11,13-19,21,32,38,49,52-54,56-58,65,72H,10,12,20,22-31,33-37H2,1-7H3,(H,64,73)/t49?,52?,53?,54-,56?,57?,58-/m0/s1. The quantitative estimate of drug-likeness (QED) is 0.0390. The molecule has 1 saturated heterocycles. The average molecular weight is 1100 g/mol. The van der Waals surface area contributed by atoms with Crippen LogP contribution in [-0.2, 0) is 46.4 Å². The van der Waals surface area contributed by atoms with Gasteiger partial charge in [-0.1, -0.05) is 85.2 Å². The maximum absolute atomic E-state index is 14.3. The number of likely N-dealkylation sites (tertiary alicyclic amines) is 1. The molecule has 3 aromatic carbocycles. The summed E-state index contributed by atoms with van der Waals surface area (Å²) in [5.41, 5.74) is 10.4. The number of aryl methyl sites for hydroxylation is 2. The number of aliphatic imine (C=N–C) groups is 1. The zero-order valence-corrected chi connectivity index (χ0v) is 47.6. The fourth-order valence-corrected chi connectivity index (χ4v) is 12.1. The molecule has 4 aromatic rings. The number of Topliss-reactive ketones (excluding diaryl/α,β-unsaturated/α-hetero) is 1. The number of benzene rings is 3. The van der Waals surface area contributed by atoms with E-state index in [1.807, 2.05) is 70.3 Å². The van der Waals surface area contributed by atoms with Crippen molar-refractivity contribution in [2.24, 2.45) is 16.8 Å². The number of rotatable bonds is 27. The van der Waals surface area contributed by atoms with Crippen molar-refractivity contribution in [2.75, 3.05) is 66.0 Å². The first-order valence-electron chi connectivity index (χ1n) is 28.5. The van der Waals surface area contributed by atoms with Gasteiger partial charge in [0.2, 0.25) is 11.8 Å². The summed E-state index contributed by atoms with van der Waals surface area (Å²) >= 11 is 0. The molecule has 3 amide bonds. The summed E-state index contributed by atoms with van der Waals surface area (Å²) < 4.78 is 31.7. The van der Waals surface area contributed by atoms with E-state index in [1.54, 1.807) is 11.0 Å². The van der Waals surface area contributed by atoms with Gasteiger partial charge in [0.25, 0.3) is 5.91 Å². The average Bonchev–Trinajstić information content (AvgIpc) is 4.28. The maximum atomic E-state index is 14.3. The lowest BCUT2D eigenvalue weighted by molar-refractivity contribution is -0.143. The van der Waals surface area contributed by atoms with Gasteiger partial charge in [-0.25, -0.2) is 0 Å². The van der Waals surface area contributed by atoms with Gasteiger partial charge < -0.3 is 48.5 Å². The Morgan fingerprint density at radius 2 is 1.55 bits per heavy atom. The summed E-state index contributed by atoms with van der Waals surface area (Å²) in [5.74, 6) is 1.51. The molecule has 428 valence electrons. The summed E-state index contributed by atoms with van der Waals surface area (Å²) in [7, 11) is 0. The minimum atomic E-state index is -0.912. The highest BCUT2D eigenvalue weighted by Gasteiger charge is 2.47. The zero-order chi connectivity index (χ0) is 56.5. The van der Waals surface area contributed by atoms with Crippen LogP contribution in [0.1, 0.15) is 141 Å². The number of aromatic nitrogens is 3. The Balaban J connectivity index is 0.659. The third-order valence-electron chi connectivity index (χ3n) is 16.4. The van der Waals surface area contributed by atoms with Crippen molar-refractivity contribution in [1.29, 1.82) is 0 Å². The number of β-amino-alcohol motifs (C(OH)–C–C–N with tert-alkyl or cyclic N) is 1. The summed E-state index contributed by atoms with van der Waals surface area (Å²) in [6.07, 6.45) is 4.10. The number of aliphatic hydroxyl groups is 1. The molecule has 1 fully saturated rings. The van der Waals surface area contributed by atoms with Crippen LogP contribution in [-0.4, -0.2) is 144 Å². The minimum absolute atomic E-state index is 0.00109. The van der Waals surface area contributed by atoms with Crippen molar-refractivity contribution in [3.05, 3.63) is 129 Å². The Morgan fingerprint density at radius 3 is 2.24 bits per heavy atom. The number of amides is 3. The first kappa shape index (κ1) is 58.3. The van der Waals surface area contributed by atoms with Crippen LogP contribution in [0.2, 0.25) is 0 Å². The fraction of sp³-hybridized carbons (Fsp3) is 0.532. The largest absolute Gasteiger partial charge is 0.491 e. The number of hydrogen-bond donors (Lipinski definition) is 3. The summed E-state index contributed by atoms with van der Waals surface area (Å²) in [4.78, 5) is 62.6. The molecule has 18 heteroatoms. The molecule has 5 heterocycles. The molecule has 9 rings (SSSR count). The molecule has 4 aliphatic heterocycles. The van der Waals surface area contributed by atoms with Gasteiger partial charge in [-0.05, 0) is 87.8 Å². The highest BCUT2D eigenvalue weighted by Crippen LogP contribution is 2.50. The number of carbonyl (C=O) groups excluding carboxylic acids is 4. The minimum Gasteiger partial charge on any atom is -0.491 e. The lowest BCUT2D eigenvalue weighted by atomic mass is 9.85. The van der Waals surface area contributed by atoms with Gasteiger partial charge in [0.15, 0.2) is 5.82 Å². The second kappa shape index (κ2) is 26.9. The van der Waals surface area contributed by atoms with Crippen LogP contribution in [0.25, 0.3) is 5.57 Å². The Hall–Kier alpha value is -6.41. The predicted molar refractivity (Wildman–Crippen MR) is 303 cm³/mol. The smallest absolute Gasteiger partial charge is 0.255 e. The van der Waals surface area contributed by atoms with Crippen LogP contribution in [0, 0.1) is 25.7 Å². The molecule has 5 aliphatic rings. The number of hydrogen-bond acceptors (Lipinski definition) is 14. The van der Waals surface area contributed by atoms with Crippen LogP contribution in [0.5, 0.6) is 5.75 Å². The molecule has 18 nitrogen and oxygen atoms in total.